The molecule has 15 heteroatoms. The normalized spacial score (nSPS) is 23.7. The number of carbonyl (C=O) groups excluding carboxylic acids is 1. The molecule has 2 heterocycles. The van der Waals surface area contributed by atoms with Crippen molar-refractivity contribution in [1.29, 1.82) is 0 Å². The van der Waals surface area contributed by atoms with E-state index in [2.05, 4.69) is 24.6 Å². The Hall–Kier alpha value is -2.10. The molecule has 2 saturated heterocycles. The van der Waals surface area contributed by atoms with Crippen molar-refractivity contribution in [1.82, 2.24) is 9.80 Å². The van der Waals surface area contributed by atoms with E-state index in [9.17, 15) is 28.1 Å². The molecule has 1 aromatic rings. The number of nitro benzene ring substituents is 1. The van der Waals surface area contributed by atoms with Crippen molar-refractivity contribution in [2.24, 2.45) is 5.92 Å². The Morgan fingerprint density at radius 1 is 1.30 bits per heavy atom. The molecule has 1 N–H and O–H groups in total. The number of hydrogen-bond donors (Lipinski definition) is 2. The molecule has 3 atom stereocenters. The van der Waals surface area contributed by atoms with Gasteiger partial charge in [-0.2, -0.15) is 34.2 Å². The summed E-state index contributed by atoms with van der Waals surface area (Å²) < 4.78 is 63.0. The number of nitro groups is 1. The maximum atomic E-state index is 12.5. The lowest BCUT2D eigenvalue weighted by atomic mass is 9.97. The van der Waals surface area contributed by atoms with E-state index in [1.807, 2.05) is 4.90 Å². The zero-order valence-corrected chi connectivity index (χ0v) is 19.2. The Balaban J connectivity index is 0.000000414. The molecular formula is C18H24F3N3O7S2. The predicted octanol–water partition coefficient (Wildman–Crippen LogP) is 2.95. The second kappa shape index (κ2) is 10.9. The monoisotopic (exact) mass is 515 g/mol. The number of hydrogen-bond acceptors (Lipinski definition) is 8. The fraction of sp³-hybridized carbons (Fsp3) is 0.611. The third kappa shape index (κ3) is 7.72. The molecule has 0 aliphatic carbocycles. The topological polar surface area (TPSA) is 130 Å². The number of amides is 1. The molecule has 2 fully saturated rings. The molecule has 10 nitrogen and oxygen atoms in total. The van der Waals surface area contributed by atoms with Crippen LogP contribution < -0.4 is 0 Å². The quantitative estimate of drug-likeness (QED) is 0.206. The average molecular weight is 516 g/mol. The zero-order valence-electron chi connectivity index (χ0n) is 17.5. The van der Waals surface area contributed by atoms with Crippen LogP contribution in [0.4, 0.5) is 23.7 Å². The van der Waals surface area contributed by atoms with Gasteiger partial charge in [0.25, 0.3) is 5.69 Å². The fourth-order valence-electron chi connectivity index (χ4n) is 3.72. The van der Waals surface area contributed by atoms with E-state index in [1.54, 1.807) is 12.1 Å². The van der Waals surface area contributed by atoms with Gasteiger partial charge in [0.05, 0.1) is 4.92 Å². The van der Waals surface area contributed by atoms with Crippen LogP contribution in [0.25, 0.3) is 0 Å². The SMILES string of the molecule is CN1CCC([C@@H]2C[C@H](S)CN2C(=O)OCc2ccc([N+](=O)[O-])cc2)C1.O=S(=O)(O)C(F)(F)F. The largest absolute Gasteiger partial charge is 0.522 e. The molecule has 2 aliphatic rings. The van der Waals surface area contributed by atoms with Crippen molar-refractivity contribution in [3.8, 4) is 0 Å². The van der Waals surface area contributed by atoms with Gasteiger partial charge in [-0.15, -0.1) is 0 Å². The van der Waals surface area contributed by atoms with Crippen molar-refractivity contribution < 1.29 is 40.6 Å². The smallest absolute Gasteiger partial charge is 0.445 e. The number of halogens is 3. The van der Waals surface area contributed by atoms with E-state index in [4.69, 9.17) is 17.7 Å². The molecule has 3 rings (SSSR count). The summed E-state index contributed by atoms with van der Waals surface area (Å²) in [6, 6.07) is 6.23. The lowest BCUT2D eigenvalue weighted by Crippen LogP contribution is -2.41. The third-order valence-electron chi connectivity index (χ3n) is 5.33. The van der Waals surface area contributed by atoms with Gasteiger partial charge in [-0.1, -0.05) is 0 Å². The van der Waals surface area contributed by atoms with Crippen molar-refractivity contribution in [3.63, 3.8) is 0 Å². The minimum absolute atomic E-state index is 0.0259. The van der Waals surface area contributed by atoms with Gasteiger partial charge in [0.2, 0.25) is 0 Å². The van der Waals surface area contributed by atoms with Crippen LogP contribution in [0.15, 0.2) is 24.3 Å². The van der Waals surface area contributed by atoms with Crippen LogP contribution in [0.1, 0.15) is 18.4 Å². The number of benzene rings is 1. The Kier molecular flexibility index (Phi) is 8.95. The molecule has 0 saturated carbocycles. The summed E-state index contributed by atoms with van der Waals surface area (Å²) >= 11 is 4.56. The second-order valence-electron chi connectivity index (χ2n) is 7.82. The van der Waals surface area contributed by atoms with Crippen LogP contribution in [-0.4, -0.2) is 77.3 Å². The second-order valence-corrected chi connectivity index (χ2v) is 9.96. The minimum Gasteiger partial charge on any atom is -0.445 e. The first-order valence-electron chi connectivity index (χ1n) is 9.76. The summed E-state index contributed by atoms with van der Waals surface area (Å²) in [4.78, 5) is 26.9. The molecule has 1 aromatic carbocycles. The van der Waals surface area contributed by atoms with Gasteiger partial charge >= 0.3 is 21.7 Å². The van der Waals surface area contributed by atoms with Crippen molar-refractivity contribution >= 4 is 34.5 Å². The summed E-state index contributed by atoms with van der Waals surface area (Å²) in [5.74, 6) is 0.467. The van der Waals surface area contributed by atoms with Gasteiger partial charge in [-0.3, -0.25) is 14.7 Å². The Morgan fingerprint density at radius 2 is 1.88 bits per heavy atom. The molecule has 0 spiro atoms. The van der Waals surface area contributed by atoms with Gasteiger partial charge in [-0.05, 0) is 50.0 Å². The molecular weight excluding hydrogens is 491 g/mol. The molecule has 1 unspecified atom stereocenters. The van der Waals surface area contributed by atoms with Crippen LogP contribution in [0.5, 0.6) is 0 Å². The van der Waals surface area contributed by atoms with Gasteiger partial charge in [0.15, 0.2) is 0 Å². The first-order chi connectivity index (χ1) is 15.2. The summed E-state index contributed by atoms with van der Waals surface area (Å²) in [7, 11) is -3.74. The Bertz CT molecular complexity index is 945. The maximum absolute atomic E-state index is 12.5. The lowest BCUT2D eigenvalue weighted by molar-refractivity contribution is -0.384. The van der Waals surface area contributed by atoms with Crippen molar-refractivity contribution in [2.75, 3.05) is 26.7 Å². The highest BCUT2D eigenvalue weighted by Gasteiger charge is 2.44. The molecule has 2 aliphatic heterocycles. The first kappa shape index (κ1) is 27.1. The number of thiol groups is 1. The van der Waals surface area contributed by atoms with Gasteiger partial charge in [0, 0.05) is 36.5 Å². The molecule has 33 heavy (non-hydrogen) atoms. The number of likely N-dealkylation sites (tertiary alicyclic amines) is 2. The summed E-state index contributed by atoms with van der Waals surface area (Å²) in [6.07, 6.45) is 1.66. The highest BCUT2D eigenvalue weighted by Crippen LogP contribution is 2.32. The van der Waals surface area contributed by atoms with Crippen LogP contribution in [0.3, 0.4) is 0 Å². The zero-order chi connectivity index (χ0) is 25.0. The van der Waals surface area contributed by atoms with Crippen molar-refractivity contribution in [2.45, 2.75) is 36.2 Å². The summed E-state index contributed by atoms with van der Waals surface area (Å²) in [6.45, 7) is 2.77. The Morgan fingerprint density at radius 3 is 2.33 bits per heavy atom. The highest BCUT2D eigenvalue weighted by molar-refractivity contribution is 7.86. The van der Waals surface area contributed by atoms with Crippen molar-refractivity contribution in [3.05, 3.63) is 39.9 Å². The standard InChI is InChI=1S/C17H23N3O4S.CHF3O3S/c1-18-7-6-13(9-18)16-8-15(25)10-19(16)17(21)24-11-12-2-4-14(5-3-12)20(22)23;2-1(3,4)8(5,6)7/h2-5,13,15-16,25H,6-11H2,1H3;(H,5,6,7)/t13?,15-,16-;/m0./s1. The van der Waals surface area contributed by atoms with Crippen LogP contribution in [0, 0.1) is 16.0 Å². The van der Waals surface area contributed by atoms with Crippen LogP contribution in [0.2, 0.25) is 0 Å². The number of alkyl halides is 3. The third-order valence-corrected chi connectivity index (χ3v) is 6.29. The number of carbonyl (C=O) groups is 1. The Labute approximate surface area is 194 Å². The fourth-order valence-corrected chi connectivity index (χ4v) is 4.12. The predicted molar refractivity (Wildman–Crippen MR) is 114 cm³/mol. The van der Waals surface area contributed by atoms with E-state index in [1.165, 1.54) is 12.1 Å². The van der Waals surface area contributed by atoms with Crippen LogP contribution >= 0.6 is 12.6 Å². The number of ether oxygens (including phenoxy) is 1. The molecule has 0 aromatic heterocycles. The minimum atomic E-state index is -5.84. The summed E-state index contributed by atoms with van der Waals surface area (Å²) in [5, 5.41) is 10.9. The van der Waals surface area contributed by atoms with Gasteiger partial charge in [-0.25, -0.2) is 4.79 Å². The van der Waals surface area contributed by atoms with Crippen LogP contribution in [-0.2, 0) is 21.5 Å². The number of non-ortho nitro benzene ring substituents is 1. The molecule has 1 amide bonds. The number of rotatable bonds is 4. The molecule has 0 radical (unpaired) electrons. The van der Waals surface area contributed by atoms with E-state index in [0.29, 0.717) is 12.5 Å². The molecule has 186 valence electrons. The van der Waals surface area contributed by atoms with E-state index in [0.717, 1.165) is 31.5 Å². The van der Waals surface area contributed by atoms with Gasteiger partial charge < -0.3 is 14.5 Å². The maximum Gasteiger partial charge on any atom is 0.522 e. The summed E-state index contributed by atoms with van der Waals surface area (Å²) in [5.41, 5.74) is -4.77. The van der Waals surface area contributed by atoms with E-state index < -0.39 is 20.5 Å². The van der Waals surface area contributed by atoms with E-state index >= 15 is 0 Å². The first-order valence-corrected chi connectivity index (χ1v) is 11.7. The lowest BCUT2D eigenvalue weighted by Gasteiger charge is -2.28. The highest BCUT2D eigenvalue weighted by atomic mass is 32.2. The van der Waals surface area contributed by atoms with E-state index in [-0.39, 0.29) is 29.7 Å². The average Bonchev–Trinajstić information content (AvgIpc) is 3.30. The molecule has 0 bridgehead atoms. The number of nitrogens with zero attached hydrogens (tertiary/aromatic N) is 3. The van der Waals surface area contributed by atoms with Gasteiger partial charge in [0.1, 0.15) is 6.61 Å².